The maximum Gasteiger partial charge on any atom is 0.362 e. The maximum atomic E-state index is 12.7. The average molecular weight is 809 g/mol. The summed E-state index contributed by atoms with van der Waals surface area (Å²) in [6.07, 6.45) is 53.2. The molecule has 0 aromatic carbocycles. The summed E-state index contributed by atoms with van der Waals surface area (Å²) in [5.74, 6) is -1.63. The highest BCUT2D eigenvalue weighted by Gasteiger charge is 2.31. The molecular weight excluding hydrogens is 727 g/mol. The molecule has 1 N–H and O–H groups in total. The predicted molar refractivity (Wildman–Crippen MR) is 243 cm³/mol. The van der Waals surface area contributed by atoms with Crippen LogP contribution in [0.15, 0.2) is 97.2 Å². The van der Waals surface area contributed by atoms with Gasteiger partial charge in [-0.1, -0.05) is 137 Å². The number of rotatable bonds is 38. The number of esters is 2. The van der Waals surface area contributed by atoms with Crippen molar-refractivity contribution in [2.45, 2.75) is 161 Å². The van der Waals surface area contributed by atoms with Crippen LogP contribution in [0.3, 0.4) is 0 Å². The number of hydrogen-bond acceptors (Lipinski definition) is 6. The number of aliphatic carboxylic acids is 1. The molecule has 58 heavy (non-hydrogen) atoms. The Labute approximate surface area is 354 Å². The van der Waals surface area contributed by atoms with Crippen LogP contribution in [-0.4, -0.2) is 80.6 Å². The fourth-order valence-electron chi connectivity index (χ4n) is 5.72. The summed E-state index contributed by atoms with van der Waals surface area (Å²) in [4.78, 5) is 36.9. The van der Waals surface area contributed by atoms with Crippen molar-refractivity contribution in [1.29, 1.82) is 0 Å². The maximum absolute atomic E-state index is 12.7. The third-order valence-corrected chi connectivity index (χ3v) is 9.21. The summed E-state index contributed by atoms with van der Waals surface area (Å²) in [5.41, 5.74) is 0. The van der Waals surface area contributed by atoms with Crippen molar-refractivity contribution < 1.29 is 38.2 Å². The first-order chi connectivity index (χ1) is 28.1. The Kier molecular flexibility index (Phi) is 37.5. The minimum atomic E-state index is -0.895. The number of nitrogens with zero attached hydrogens (tertiary/aromatic N) is 1. The Morgan fingerprint density at radius 3 is 1.28 bits per heavy atom. The van der Waals surface area contributed by atoms with Crippen LogP contribution in [0, 0.1) is 0 Å². The van der Waals surface area contributed by atoms with Crippen molar-refractivity contribution >= 4 is 17.9 Å². The molecule has 0 rings (SSSR count). The van der Waals surface area contributed by atoms with Gasteiger partial charge in [-0.05, 0) is 89.9 Å². The van der Waals surface area contributed by atoms with Gasteiger partial charge in [0, 0.05) is 19.3 Å². The number of carbonyl (C=O) groups excluding carboxylic acids is 2. The van der Waals surface area contributed by atoms with E-state index in [-0.39, 0.29) is 49.1 Å². The average Bonchev–Trinajstić information content (AvgIpc) is 3.18. The van der Waals surface area contributed by atoms with Gasteiger partial charge in [-0.25, -0.2) is 4.79 Å². The Bertz CT molecular complexity index is 1260. The van der Waals surface area contributed by atoms with Gasteiger partial charge in [0.25, 0.3) is 0 Å². The minimum absolute atomic E-state index is 0.0158. The molecule has 0 bridgehead atoms. The summed E-state index contributed by atoms with van der Waals surface area (Å²) in [6.45, 7) is 4.54. The quantitative estimate of drug-likeness (QED) is 0.0287. The van der Waals surface area contributed by atoms with E-state index in [0.29, 0.717) is 19.3 Å². The van der Waals surface area contributed by atoms with Gasteiger partial charge < -0.3 is 23.8 Å². The van der Waals surface area contributed by atoms with Crippen LogP contribution >= 0.6 is 0 Å². The van der Waals surface area contributed by atoms with Crippen LogP contribution in [0.1, 0.15) is 149 Å². The van der Waals surface area contributed by atoms with Gasteiger partial charge in [0.05, 0.1) is 34.4 Å². The Morgan fingerprint density at radius 2 is 0.897 bits per heavy atom. The zero-order valence-electron chi connectivity index (χ0n) is 37.2. The van der Waals surface area contributed by atoms with E-state index in [0.717, 1.165) is 51.4 Å². The largest absolute Gasteiger partial charge is 0.477 e. The molecule has 2 atom stereocenters. The van der Waals surface area contributed by atoms with Gasteiger partial charge in [-0.3, -0.25) is 9.59 Å². The Morgan fingerprint density at radius 1 is 0.517 bits per heavy atom. The molecule has 8 heteroatoms. The van der Waals surface area contributed by atoms with E-state index < -0.39 is 18.1 Å². The molecule has 0 saturated carbocycles. The second-order valence-electron chi connectivity index (χ2n) is 15.6. The van der Waals surface area contributed by atoms with Gasteiger partial charge >= 0.3 is 17.9 Å². The van der Waals surface area contributed by atoms with Crippen LogP contribution in [0.5, 0.6) is 0 Å². The number of carboxylic acid groups (broad SMARTS) is 1. The van der Waals surface area contributed by atoms with E-state index in [9.17, 15) is 19.5 Å². The summed E-state index contributed by atoms with van der Waals surface area (Å²) < 4.78 is 17.1. The zero-order valence-corrected chi connectivity index (χ0v) is 37.2. The fourth-order valence-corrected chi connectivity index (χ4v) is 5.72. The van der Waals surface area contributed by atoms with Crippen LogP contribution in [0.4, 0.5) is 0 Å². The van der Waals surface area contributed by atoms with Crippen LogP contribution in [0.2, 0.25) is 0 Å². The molecule has 0 fully saturated rings. The molecule has 0 amide bonds. The molecule has 0 saturated heterocycles. The van der Waals surface area contributed by atoms with Crippen LogP contribution < -0.4 is 0 Å². The van der Waals surface area contributed by atoms with Crippen LogP contribution in [0.25, 0.3) is 0 Å². The number of carboxylic acids is 1. The first kappa shape index (κ1) is 54.2. The minimum Gasteiger partial charge on any atom is -0.477 e. The molecule has 8 nitrogen and oxygen atoms in total. The van der Waals surface area contributed by atoms with E-state index in [1.54, 1.807) is 0 Å². The third-order valence-electron chi connectivity index (χ3n) is 9.21. The second-order valence-corrected chi connectivity index (χ2v) is 15.6. The van der Waals surface area contributed by atoms with Gasteiger partial charge in [-0.2, -0.15) is 0 Å². The van der Waals surface area contributed by atoms with Crippen molar-refractivity contribution in [3.8, 4) is 0 Å². The number of allylic oxidation sites excluding steroid dienone is 16. The molecule has 328 valence electrons. The smallest absolute Gasteiger partial charge is 0.362 e. The molecule has 0 spiro atoms. The van der Waals surface area contributed by atoms with Crippen molar-refractivity contribution in [3.63, 3.8) is 0 Å². The molecule has 0 radical (unpaired) electrons. The zero-order chi connectivity index (χ0) is 42.8. The van der Waals surface area contributed by atoms with Crippen molar-refractivity contribution in [3.05, 3.63) is 97.2 Å². The molecule has 0 heterocycles. The first-order valence-corrected chi connectivity index (χ1v) is 22.3. The third kappa shape index (κ3) is 37.8. The second kappa shape index (κ2) is 40.0. The van der Waals surface area contributed by atoms with Gasteiger partial charge in [0.15, 0.2) is 12.1 Å². The molecule has 0 aromatic heterocycles. The molecular formula is C50H82NO7+. The lowest BCUT2D eigenvalue weighted by atomic mass is 10.1. The normalized spacial score (nSPS) is 13.9. The standard InChI is InChI=1S/C50H81NO7/c1-6-8-10-12-14-16-18-20-22-24-26-28-30-32-34-36-38-40-48(52)57-45-46(44-56-43-42-47(50(54)55)51(3,4)5)58-49(53)41-39-37-35-33-31-29-27-25-23-21-19-17-15-13-11-9-7-2/h14-17,20-23,26-29,32-35,46-47H,6-13,18-19,24-25,30-31,36-45H2,1-5H3/p+1/b16-14+,17-15+,22-20+,23-21+,28-26+,29-27+,34-32+,35-33+. The SMILES string of the molecule is CCCCC/C=C/C/C=C/C/C=C/C/C=C/CCCC(=O)OCC(COCCC(C(=O)O)[N+](C)(C)C)OC(=O)CCC/C=C/C/C=C/C/C=C/C/C=C/CCCCC. The lowest BCUT2D eigenvalue weighted by Crippen LogP contribution is -2.50. The van der Waals surface area contributed by atoms with E-state index in [4.69, 9.17) is 14.2 Å². The highest BCUT2D eigenvalue weighted by atomic mass is 16.6. The lowest BCUT2D eigenvalue weighted by Gasteiger charge is -2.31. The van der Waals surface area contributed by atoms with Crippen LogP contribution in [-0.2, 0) is 28.6 Å². The summed E-state index contributed by atoms with van der Waals surface area (Å²) in [6, 6.07) is -0.638. The Balaban J connectivity index is 4.56. The molecule has 0 aliphatic rings. The van der Waals surface area contributed by atoms with E-state index in [1.807, 2.05) is 21.1 Å². The predicted octanol–water partition coefficient (Wildman–Crippen LogP) is 12.3. The molecule has 2 unspecified atom stereocenters. The number of carbonyl (C=O) groups is 3. The van der Waals surface area contributed by atoms with E-state index in [1.165, 1.54) is 51.4 Å². The number of unbranched alkanes of at least 4 members (excludes halogenated alkanes) is 8. The van der Waals surface area contributed by atoms with E-state index in [2.05, 4.69) is 111 Å². The molecule has 0 aromatic rings. The van der Waals surface area contributed by atoms with Crippen molar-refractivity contribution in [2.75, 3.05) is 41.0 Å². The lowest BCUT2D eigenvalue weighted by molar-refractivity contribution is -0.887. The summed E-state index contributed by atoms with van der Waals surface area (Å²) in [5, 5.41) is 9.62. The van der Waals surface area contributed by atoms with Gasteiger partial charge in [0.1, 0.15) is 6.61 Å². The highest BCUT2D eigenvalue weighted by molar-refractivity contribution is 5.72. The summed E-state index contributed by atoms with van der Waals surface area (Å²) >= 11 is 0. The topological polar surface area (TPSA) is 99.1 Å². The Hall–Kier alpha value is -3.75. The number of hydrogen-bond donors (Lipinski definition) is 1. The number of ether oxygens (including phenoxy) is 3. The van der Waals surface area contributed by atoms with Crippen molar-refractivity contribution in [1.82, 2.24) is 0 Å². The van der Waals surface area contributed by atoms with Crippen molar-refractivity contribution in [2.24, 2.45) is 0 Å². The fraction of sp³-hybridized carbons (Fsp3) is 0.620. The molecule has 0 aliphatic heterocycles. The molecule has 0 aliphatic carbocycles. The number of likely N-dealkylation sites (N-methyl/N-ethyl adjacent to an activating group) is 1. The summed E-state index contributed by atoms with van der Waals surface area (Å²) in [7, 11) is 5.48. The highest BCUT2D eigenvalue weighted by Crippen LogP contribution is 2.11. The first-order valence-electron chi connectivity index (χ1n) is 22.3. The monoisotopic (exact) mass is 809 g/mol. The van der Waals surface area contributed by atoms with Gasteiger partial charge in [-0.15, -0.1) is 0 Å². The van der Waals surface area contributed by atoms with E-state index >= 15 is 0 Å². The van der Waals surface area contributed by atoms with Gasteiger partial charge in [0.2, 0.25) is 0 Å². The number of quaternary nitrogens is 1.